The predicted octanol–water partition coefficient (Wildman–Crippen LogP) is 1.02. The fourth-order valence-electron chi connectivity index (χ4n) is 3.18. The third kappa shape index (κ3) is 3.87. The van der Waals surface area contributed by atoms with Crippen LogP contribution in [0.5, 0.6) is 0 Å². The van der Waals surface area contributed by atoms with E-state index in [4.69, 9.17) is 10.1 Å². The van der Waals surface area contributed by atoms with Gasteiger partial charge >= 0.3 is 5.97 Å². The molecule has 1 saturated heterocycles. The summed E-state index contributed by atoms with van der Waals surface area (Å²) in [5.41, 5.74) is 0.0508. The fourth-order valence-corrected chi connectivity index (χ4v) is 4.35. The summed E-state index contributed by atoms with van der Waals surface area (Å²) in [6.45, 7) is 5.25. The molecule has 0 saturated carbocycles. The van der Waals surface area contributed by atoms with E-state index in [0.717, 1.165) is 24.6 Å². The second-order valence-electron chi connectivity index (χ2n) is 6.15. The molecule has 138 valence electrons. The van der Waals surface area contributed by atoms with Crippen molar-refractivity contribution < 1.29 is 24.2 Å². The molecule has 1 spiro atoms. The van der Waals surface area contributed by atoms with E-state index in [1.807, 2.05) is 13.8 Å². The molecule has 2 amide bonds. The summed E-state index contributed by atoms with van der Waals surface area (Å²) in [6.07, 6.45) is 2.11. The van der Waals surface area contributed by atoms with Gasteiger partial charge in [-0.05, 0) is 18.9 Å². The topological polar surface area (TPSA) is 129 Å². The van der Waals surface area contributed by atoms with Crippen LogP contribution < -0.4 is 10.6 Å². The quantitative estimate of drug-likeness (QED) is 0.553. The van der Waals surface area contributed by atoms with Gasteiger partial charge < -0.3 is 20.5 Å². The summed E-state index contributed by atoms with van der Waals surface area (Å²) in [5, 5.41) is 22.3. The Bertz CT molecular complexity index is 631. The lowest BCUT2D eigenvalue weighted by Gasteiger charge is -2.42. The van der Waals surface area contributed by atoms with Gasteiger partial charge in [-0.15, -0.1) is 0 Å². The second-order valence-corrected chi connectivity index (χ2v) is 7.44. The molecule has 3 atom stereocenters. The lowest BCUT2D eigenvalue weighted by Crippen LogP contribution is -2.62. The molecule has 1 aliphatic heterocycles. The molecule has 0 aromatic rings. The molecule has 4 N–H and O–H groups in total. The largest absolute Gasteiger partial charge is 0.478 e. The maximum Gasteiger partial charge on any atom is 0.331 e. The second kappa shape index (κ2) is 7.57. The summed E-state index contributed by atoms with van der Waals surface area (Å²) in [6, 6.07) is -0.762. The molecule has 0 aromatic heterocycles. The van der Waals surface area contributed by atoms with Crippen LogP contribution in [-0.2, 0) is 19.1 Å². The van der Waals surface area contributed by atoms with E-state index in [0.29, 0.717) is 0 Å². The van der Waals surface area contributed by atoms with Crippen molar-refractivity contribution in [3.63, 3.8) is 0 Å². The minimum atomic E-state index is -1.40. The molecular formula is C16H23N3O5S. The van der Waals surface area contributed by atoms with Gasteiger partial charge in [-0.3, -0.25) is 15.0 Å². The Kier molecular flexibility index (Phi) is 5.89. The highest BCUT2D eigenvalue weighted by Gasteiger charge is 2.57. The summed E-state index contributed by atoms with van der Waals surface area (Å²) in [4.78, 5) is 35.9. The first-order valence-electron chi connectivity index (χ1n) is 8.20. The van der Waals surface area contributed by atoms with Gasteiger partial charge in [-0.25, -0.2) is 4.79 Å². The number of carboxylic acids is 1. The predicted molar refractivity (Wildman–Crippen MR) is 93.4 cm³/mol. The van der Waals surface area contributed by atoms with E-state index in [9.17, 15) is 19.5 Å². The Labute approximate surface area is 150 Å². The van der Waals surface area contributed by atoms with Crippen molar-refractivity contribution in [3.8, 4) is 0 Å². The Hall–Kier alpha value is -1.87. The summed E-state index contributed by atoms with van der Waals surface area (Å²) in [5.74, 6) is -2.00. The number of carbonyl (C=O) groups excluding carboxylic acids is 2. The minimum Gasteiger partial charge on any atom is -0.478 e. The SMILES string of the molecule is CCC(CC)O[C@@H]1CC(C(=O)O)=C[C@@]2(SC(=N)NC2=O)[C@H]1NC(C)=O. The summed E-state index contributed by atoms with van der Waals surface area (Å²) >= 11 is 0.902. The number of amidine groups is 1. The first-order valence-corrected chi connectivity index (χ1v) is 9.01. The first-order chi connectivity index (χ1) is 11.7. The third-order valence-electron chi connectivity index (χ3n) is 4.41. The molecule has 0 aromatic carbocycles. The van der Waals surface area contributed by atoms with Gasteiger partial charge in [-0.1, -0.05) is 25.6 Å². The average molecular weight is 369 g/mol. The Morgan fingerprint density at radius 3 is 2.60 bits per heavy atom. The summed E-state index contributed by atoms with van der Waals surface area (Å²) < 4.78 is 4.67. The van der Waals surface area contributed by atoms with Crippen LogP contribution >= 0.6 is 11.8 Å². The zero-order chi connectivity index (χ0) is 18.8. The highest BCUT2D eigenvalue weighted by molar-refractivity contribution is 8.16. The molecule has 2 aliphatic rings. The minimum absolute atomic E-state index is 0.0508. The number of carbonyl (C=O) groups is 3. The van der Waals surface area contributed by atoms with Crippen molar-refractivity contribution in [3.05, 3.63) is 11.6 Å². The number of aliphatic carboxylic acids is 1. The third-order valence-corrected chi connectivity index (χ3v) is 5.61. The monoisotopic (exact) mass is 369 g/mol. The van der Waals surface area contributed by atoms with Gasteiger partial charge in [0.05, 0.1) is 18.2 Å². The molecular weight excluding hydrogens is 346 g/mol. The number of ether oxygens (including phenoxy) is 1. The molecule has 2 rings (SSSR count). The van der Waals surface area contributed by atoms with E-state index < -0.39 is 28.8 Å². The number of thioether (sulfide) groups is 1. The van der Waals surface area contributed by atoms with Crippen LogP contribution in [0.4, 0.5) is 0 Å². The average Bonchev–Trinajstić information content (AvgIpc) is 2.81. The number of hydrogen-bond donors (Lipinski definition) is 4. The maximum atomic E-state index is 12.6. The number of rotatable bonds is 6. The Morgan fingerprint density at radius 1 is 1.52 bits per heavy atom. The van der Waals surface area contributed by atoms with Crippen molar-refractivity contribution in [1.82, 2.24) is 10.6 Å². The molecule has 1 fully saturated rings. The zero-order valence-electron chi connectivity index (χ0n) is 14.4. The normalized spacial score (nSPS) is 28.9. The van der Waals surface area contributed by atoms with Crippen molar-refractivity contribution in [2.24, 2.45) is 0 Å². The van der Waals surface area contributed by atoms with E-state index in [1.165, 1.54) is 13.0 Å². The van der Waals surface area contributed by atoms with Gasteiger partial charge in [0.1, 0.15) is 4.75 Å². The van der Waals surface area contributed by atoms with Crippen LogP contribution in [0.2, 0.25) is 0 Å². The zero-order valence-corrected chi connectivity index (χ0v) is 15.2. The highest BCUT2D eigenvalue weighted by atomic mass is 32.2. The lowest BCUT2D eigenvalue weighted by atomic mass is 9.81. The van der Waals surface area contributed by atoms with Crippen LogP contribution in [0.15, 0.2) is 11.6 Å². The van der Waals surface area contributed by atoms with Crippen molar-refractivity contribution in [2.75, 3.05) is 0 Å². The molecule has 0 bridgehead atoms. The van der Waals surface area contributed by atoms with Crippen LogP contribution in [0.25, 0.3) is 0 Å². The molecule has 1 heterocycles. The van der Waals surface area contributed by atoms with E-state index in [1.54, 1.807) is 0 Å². The van der Waals surface area contributed by atoms with Crippen LogP contribution in [0.1, 0.15) is 40.0 Å². The van der Waals surface area contributed by atoms with E-state index in [2.05, 4.69) is 10.6 Å². The van der Waals surface area contributed by atoms with Gasteiger partial charge in [0.25, 0.3) is 0 Å². The van der Waals surface area contributed by atoms with Crippen LogP contribution in [-0.4, -0.2) is 51.1 Å². The molecule has 8 nitrogen and oxygen atoms in total. The molecule has 25 heavy (non-hydrogen) atoms. The Morgan fingerprint density at radius 2 is 2.16 bits per heavy atom. The maximum absolute atomic E-state index is 12.6. The van der Waals surface area contributed by atoms with Crippen molar-refractivity contribution in [2.45, 2.75) is 63.0 Å². The molecule has 9 heteroatoms. The Balaban J connectivity index is 2.50. The molecule has 0 unspecified atom stereocenters. The van der Waals surface area contributed by atoms with Gasteiger partial charge in [0, 0.05) is 18.9 Å². The smallest absolute Gasteiger partial charge is 0.331 e. The summed E-state index contributed by atoms with van der Waals surface area (Å²) in [7, 11) is 0. The number of hydrogen-bond acceptors (Lipinski definition) is 6. The molecule has 1 aliphatic carbocycles. The van der Waals surface area contributed by atoms with Gasteiger partial charge in [0.2, 0.25) is 11.8 Å². The fraction of sp³-hybridized carbons (Fsp3) is 0.625. The van der Waals surface area contributed by atoms with Gasteiger partial charge in [-0.2, -0.15) is 0 Å². The number of amides is 2. The molecule has 0 radical (unpaired) electrons. The van der Waals surface area contributed by atoms with Crippen LogP contribution in [0, 0.1) is 5.41 Å². The standard InChI is InChI=1S/C16H23N3O5S/c1-4-10(5-2)24-11-6-9(13(21)22)7-16(12(11)18-8(3)20)14(23)19-15(17)25-16/h7,10-12H,4-6H2,1-3H3,(H,18,20)(H,21,22)(H2,17,19,23)/t11-,12+,16-/m1/s1. The lowest BCUT2D eigenvalue weighted by molar-refractivity contribution is -0.134. The van der Waals surface area contributed by atoms with Crippen molar-refractivity contribution >= 4 is 34.7 Å². The van der Waals surface area contributed by atoms with E-state index >= 15 is 0 Å². The van der Waals surface area contributed by atoms with Crippen molar-refractivity contribution in [1.29, 1.82) is 5.41 Å². The van der Waals surface area contributed by atoms with E-state index in [-0.39, 0.29) is 29.2 Å². The number of carboxylic acid groups (broad SMARTS) is 1. The first kappa shape index (κ1) is 19.5. The number of nitrogens with one attached hydrogen (secondary N) is 3. The van der Waals surface area contributed by atoms with Gasteiger partial charge in [0.15, 0.2) is 5.17 Å². The highest BCUT2D eigenvalue weighted by Crippen LogP contribution is 2.43. The van der Waals surface area contributed by atoms with Crippen LogP contribution in [0.3, 0.4) is 0 Å².